The number of nitrogens with one attached hydrogen (secondary N) is 1. The zero-order valence-electron chi connectivity index (χ0n) is 14.2. The van der Waals surface area contributed by atoms with E-state index < -0.39 is 0 Å². The van der Waals surface area contributed by atoms with Crippen molar-refractivity contribution in [1.82, 2.24) is 5.32 Å². The molecule has 0 heterocycles. The van der Waals surface area contributed by atoms with E-state index in [4.69, 9.17) is 27.9 Å². The van der Waals surface area contributed by atoms with Crippen molar-refractivity contribution in [3.8, 4) is 5.75 Å². The zero-order chi connectivity index (χ0) is 18.2. The molecule has 0 aliphatic heterocycles. The Labute approximate surface area is 163 Å². The van der Waals surface area contributed by atoms with Gasteiger partial charge in [-0.25, -0.2) is 0 Å². The molecule has 2 rings (SSSR count). The van der Waals surface area contributed by atoms with Crippen LogP contribution in [0.1, 0.15) is 18.1 Å². The van der Waals surface area contributed by atoms with Crippen LogP contribution in [0.3, 0.4) is 0 Å². The van der Waals surface area contributed by atoms with E-state index >= 15 is 0 Å². The highest BCUT2D eigenvalue weighted by molar-refractivity contribution is 7.99. The third-order valence-corrected chi connectivity index (χ3v) is 5.22. The summed E-state index contributed by atoms with van der Waals surface area (Å²) in [4.78, 5) is 12.0. The maximum Gasteiger partial charge on any atom is 0.230 e. The van der Waals surface area contributed by atoms with E-state index in [1.807, 2.05) is 50.2 Å². The van der Waals surface area contributed by atoms with Crippen molar-refractivity contribution < 1.29 is 9.53 Å². The summed E-state index contributed by atoms with van der Waals surface area (Å²) < 4.78 is 5.75. The van der Waals surface area contributed by atoms with Gasteiger partial charge in [0.1, 0.15) is 12.4 Å². The normalized spacial score (nSPS) is 11.8. The van der Waals surface area contributed by atoms with Crippen LogP contribution < -0.4 is 10.1 Å². The van der Waals surface area contributed by atoms with E-state index in [1.165, 1.54) is 11.8 Å². The molecule has 1 atom stereocenters. The smallest absolute Gasteiger partial charge is 0.230 e. The van der Waals surface area contributed by atoms with Crippen LogP contribution in [-0.2, 0) is 10.5 Å². The number of carbonyl (C=O) groups excluding carboxylic acids is 1. The molecule has 0 fully saturated rings. The summed E-state index contributed by atoms with van der Waals surface area (Å²) in [6.45, 7) is 4.37. The number of aryl methyl sites for hydroxylation is 1. The first-order valence-electron chi connectivity index (χ1n) is 7.95. The van der Waals surface area contributed by atoms with Gasteiger partial charge in [0.05, 0.1) is 21.8 Å². The molecule has 0 saturated carbocycles. The SMILES string of the molecule is Cc1ccccc1OCC(C)NC(=O)CSCc1ccc(Cl)c(Cl)c1. The molecule has 0 radical (unpaired) electrons. The lowest BCUT2D eigenvalue weighted by atomic mass is 10.2. The number of halogens is 2. The molecule has 2 aromatic carbocycles. The highest BCUT2D eigenvalue weighted by atomic mass is 35.5. The predicted molar refractivity (Wildman–Crippen MR) is 107 cm³/mol. The third kappa shape index (κ3) is 6.81. The fourth-order valence-corrected chi connectivity index (χ4v) is 3.29. The number of ether oxygens (including phenoxy) is 1. The number of amides is 1. The van der Waals surface area contributed by atoms with Crippen molar-refractivity contribution >= 4 is 40.9 Å². The van der Waals surface area contributed by atoms with E-state index in [-0.39, 0.29) is 11.9 Å². The first-order chi connectivity index (χ1) is 12.0. The standard InChI is InChI=1S/C19H21Cl2NO2S/c1-13-5-3-4-6-18(13)24-10-14(2)22-19(23)12-25-11-15-7-8-16(20)17(21)9-15/h3-9,14H,10-12H2,1-2H3,(H,22,23). The van der Waals surface area contributed by atoms with Crippen molar-refractivity contribution in [2.45, 2.75) is 25.6 Å². The zero-order valence-corrected chi connectivity index (χ0v) is 16.5. The molecule has 0 aromatic heterocycles. The van der Waals surface area contributed by atoms with Gasteiger partial charge in [-0.2, -0.15) is 0 Å². The fraction of sp³-hybridized carbons (Fsp3) is 0.316. The molecule has 3 nitrogen and oxygen atoms in total. The second-order valence-electron chi connectivity index (χ2n) is 5.79. The number of rotatable bonds is 8. The number of thioether (sulfide) groups is 1. The Morgan fingerprint density at radius 1 is 1.20 bits per heavy atom. The van der Waals surface area contributed by atoms with Gasteiger partial charge in [0.15, 0.2) is 0 Å². The highest BCUT2D eigenvalue weighted by Crippen LogP contribution is 2.24. The molecule has 0 aliphatic carbocycles. The molecule has 25 heavy (non-hydrogen) atoms. The van der Waals surface area contributed by atoms with Crippen LogP contribution in [-0.4, -0.2) is 24.3 Å². The Morgan fingerprint density at radius 3 is 2.68 bits per heavy atom. The first kappa shape index (κ1) is 20.0. The molecule has 0 spiro atoms. The Hall–Kier alpha value is -1.36. The quantitative estimate of drug-likeness (QED) is 0.671. The second-order valence-corrected chi connectivity index (χ2v) is 7.59. The highest BCUT2D eigenvalue weighted by Gasteiger charge is 2.09. The van der Waals surface area contributed by atoms with E-state index in [0.29, 0.717) is 28.2 Å². The van der Waals surface area contributed by atoms with Crippen LogP contribution in [0, 0.1) is 6.92 Å². The van der Waals surface area contributed by atoms with E-state index in [2.05, 4.69) is 5.32 Å². The third-order valence-electron chi connectivity index (χ3n) is 3.48. The minimum atomic E-state index is -0.0577. The van der Waals surface area contributed by atoms with Gasteiger partial charge >= 0.3 is 0 Å². The average molecular weight is 398 g/mol. The van der Waals surface area contributed by atoms with Gasteiger partial charge in [-0.15, -0.1) is 11.8 Å². The summed E-state index contributed by atoms with van der Waals surface area (Å²) in [5, 5.41) is 4.02. The molecule has 0 aliphatic rings. The second kappa shape index (κ2) is 9.95. The molecular weight excluding hydrogens is 377 g/mol. The maximum absolute atomic E-state index is 12.0. The van der Waals surface area contributed by atoms with Crippen LogP contribution in [0.15, 0.2) is 42.5 Å². The Kier molecular flexibility index (Phi) is 7.94. The number of benzene rings is 2. The number of hydrogen-bond acceptors (Lipinski definition) is 3. The lowest BCUT2D eigenvalue weighted by Gasteiger charge is -2.16. The summed E-state index contributed by atoms with van der Waals surface area (Å²) in [5.41, 5.74) is 2.13. The molecule has 2 aromatic rings. The largest absolute Gasteiger partial charge is 0.491 e. The van der Waals surface area contributed by atoms with Crippen molar-refractivity contribution in [1.29, 1.82) is 0 Å². The summed E-state index contributed by atoms with van der Waals surface area (Å²) in [5.74, 6) is 1.93. The van der Waals surface area contributed by atoms with Gasteiger partial charge in [-0.1, -0.05) is 47.5 Å². The van der Waals surface area contributed by atoms with E-state index in [9.17, 15) is 4.79 Å². The maximum atomic E-state index is 12.0. The lowest BCUT2D eigenvalue weighted by molar-refractivity contribution is -0.119. The van der Waals surface area contributed by atoms with Gasteiger partial charge in [-0.3, -0.25) is 4.79 Å². The fourth-order valence-electron chi connectivity index (χ4n) is 2.18. The predicted octanol–water partition coefficient (Wildman–Crippen LogP) is 5.12. The van der Waals surface area contributed by atoms with Crippen molar-refractivity contribution in [3.05, 3.63) is 63.6 Å². The van der Waals surface area contributed by atoms with Gasteiger partial charge in [-0.05, 0) is 43.2 Å². The summed E-state index contributed by atoms with van der Waals surface area (Å²) >= 11 is 13.4. The molecule has 6 heteroatoms. The van der Waals surface area contributed by atoms with E-state index in [1.54, 1.807) is 6.07 Å². The minimum absolute atomic E-state index is 0.00839. The molecule has 0 bridgehead atoms. The Bertz CT molecular complexity index is 724. The van der Waals surface area contributed by atoms with Crippen LogP contribution in [0.25, 0.3) is 0 Å². The molecular formula is C19H21Cl2NO2S. The van der Waals surface area contributed by atoms with Gasteiger partial charge in [0.25, 0.3) is 0 Å². The van der Waals surface area contributed by atoms with Crippen LogP contribution in [0.5, 0.6) is 5.75 Å². The Morgan fingerprint density at radius 2 is 1.96 bits per heavy atom. The van der Waals surface area contributed by atoms with Crippen molar-refractivity contribution in [3.63, 3.8) is 0 Å². The molecule has 134 valence electrons. The topological polar surface area (TPSA) is 38.3 Å². The summed E-state index contributed by atoms with van der Waals surface area (Å²) in [6, 6.07) is 13.3. The van der Waals surface area contributed by atoms with Gasteiger partial charge in [0, 0.05) is 5.75 Å². The molecule has 1 amide bonds. The van der Waals surface area contributed by atoms with Crippen LogP contribution in [0.4, 0.5) is 0 Å². The lowest BCUT2D eigenvalue weighted by Crippen LogP contribution is -2.37. The summed E-state index contributed by atoms with van der Waals surface area (Å²) in [7, 11) is 0. The minimum Gasteiger partial charge on any atom is -0.491 e. The summed E-state index contributed by atoms with van der Waals surface area (Å²) in [6.07, 6.45) is 0. The monoisotopic (exact) mass is 397 g/mol. The number of para-hydroxylation sites is 1. The molecule has 1 unspecified atom stereocenters. The van der Waals surface area contributed by atoms with Crippen LogP contribution in [0.2, 0.25) is 10.0 Å². The van der Waals surface area contributed by atoms with Gasteiger partial charge < -0.3 is 10.1 Å². The van der Waals surface area contributed by atoms with E-state index in [0.717, 1.165) is 16.9 Å². The average Bonchev–Trinajstić information content (AvgIpc) is 2.57. The van der Waals surface area contributed by atoms with Crippen LogP contribution >= 0.6 is 35.0 Å². The molecule has 1 N–H and O–H groups in total. The Balaban J connectivity index is 1.69. The number of carbonyl (C=O) groups is 1. The van der Waals surface area contributed by atoms with Crippen molar-refractivity contribution in [2.75, 3.05) is 12.4 Å². The van der Waals surface area contributed by atoms with Gasteiger partial charge in [0.2, 0.25) is 5.91 Å². The van der Waals surface area contributed by atoms with Crippen molar-refractivity contribution in [2.24, 2.45) is 0 Å². The molecule has 0 saturated heterocycles. The number of hydrogen-bond donors (Lipinski definition) is 1. The first-order valence-corrected chi connectivity index (χ1v) is 9.86.